The highest BCUT2D eigenvalue weighted by Crippen LogP contribution is 2.19. The molecule has 1 rings (SSSR count). The lowest BCUT2D eigenvalue weighted by Crippen LogP contribution is -2.39. The molecule has 0 unspecified atom stereocenters. The fourth-order valence-corrected chi connectivity index (χ4v) is 2.12. The number of ether oxygens (including phenoxy) is 1. The van der Waals surface area contributed by atoms with Crippen LogP contribution in [0.5, 0.6) is 5.75 Å². The number of hydrogen-bond acceptors (Lipinski definition) is 2. The summed E-state index contributed by atoms with van der Waals surface area (Å²) in [6, 6.07) is 6.28. The molecule has 4 nitrogen and oxygen atoms in total. The second-order valence-corrected chi connectivity index (χ2v) is 5.67. The van der Waals surface area contributed by atoms with Gasteiger partial charge in [-0.15, -0.1) is 0 Å². The van der Waals surface area contributed by atoms with Crippen LogP contribution in [0.3, 0.4) is 0 Å². The van der Waals surface area contributed by atoms with Crippen LogP contribution >= 0.6 is 0 Å². The van der Waals surface area contributed by atoms with E-state index in [2.05, 4.69) is 48.5 Å². The SMILES string of the molecule is CN=C(NCCc1cc(C)ccc1OC)NCCC(C)C. The Hall–Kier alpha value is -1.71. The van der Waals surface area contributed by atoms with Crippen LogP contribution in [0.1, 0.15) is 31.4 Å². The topological polar surface area (TPSA) is 45.7 Å². The average molecular weight is 291 g/mol. The third kappa shape index (κ3) is 6.52. The van der Waals surface area contributed by atoms with E-state index in [1.807, 2.05) is 6.07 Å². The minimum absolute atomic E-state index is 0.701. The first-order valence-corrected chi connectivity index (χ1v) is 7.64. The number of guanidine groups is 1. The second-order valence-electron chi connectivity index (χ2n) is 5.67. The van der Waals surface area contributed by atoms with Gasteiger partial charge in [0.05, 0.1) is 7.11 Å². The van der Waals surface area contributed by atoms with Gasteiger partial charge in [0.15, 0.2) is 5.96 Å². The maximum absolute atomic E-state index is 5.40. The van der Waals surface area contributed by atoms with Crippen LogP contribution < -0.4 is 15.4 Å². The van der Waals surface area contributed by atoms with Gasteiger partial charge in [0.2, 0.25) is 0 Å². The maximum Gasteiger partial charge on any atom is 0.190 e. The van der Waals surface area contributed by atoms with E-state index in [4.69, 9.17) is 4.74 Å². The van der Waals surface area contributed by atoms with Gasteiger partial charge >= 0.3 is 0 Å². The zero-order valence-corrected chi connectivity index (χ0v) is 14.0. The van der Waals surface area contributed by atoms with E-state index in [-0.39, 0.29) is 0 Å². The molecule has 0 spiro atoms. The maximum atomic E-state index is 5.40. The first-order chi connectivity index (χ1) is 10.1. The van der Waals surface area contributed by atoms with Gasteiger partial charge in [-0.1, -0.05) is 31.5 Å². The van der Waals surface area contributed by atoms with E-state index in [0.717, 1.165) is 37.6 Å². The molecule has 0 aromatic heterocycles. The molecular formula is C17H29N3O. The van der Waals surface area contributed by atoms with E-state index in [9.17, 15) is 0 Å². The van der Waals surface area contributed by atoms with E-state index in [0.29, 0.717) is 5.92 Å². The van der Waals surface area contributed by atoms with Gasteiger partial charge in [-0.3, -0.25) is 4.99 Å². The second kappa shape index (κ2) is 9.27. The molecule has 0 bridgehead atoms. The normalized spacial score (nSPS) is 11.6. The predicted molar refractivity (Wildman–Crippen MR) is 90.3 cm³/mol. The Morgan fingerprint density at radius 2 is 1.95 bits per heavy atom. The van der Waals surface area contributed by atoms with Crippen molar-refractivity contribution in [3.05, 3.63) is 29.3 Å². The summed E-state index contributed by atoms with van der Waals surface area (Å²) in [5.41, 5.74) is 2.48. The van der Waals surface area contributed by atoms with Crippen molar-refractivity contribution in [1.29, 1.82) is 0 Å². The number of nitrogens with one attached hydrogen (secondary N) is 2. The van der Waals surface area contributed by atoms with Crippen molar-refractivity contribution >= 4 is 5.96 Å². The van der Waals surface area contributed by atoms with Crippen LogP contribution in [0.2, 0.25) is 0 Å². The van der Waals surface area contributed by atoms with Crippen LogP contribution in [-0.2, 0) is 6.42 Å². The summed E-state index contributed by atoms with van der Waals surface area (Å²) in [7, 11) is 3.52. The number of methoxy groups -OCH3 is 1. The summed E-state index contributed by atoms with van der Waals surface area (Å²) in [6.45, 7) is 8.33. The van der Waals surface area contributed by atoms with Gasteiger partial charge < -0.3 is 15.4 Å². The lowest BCUT2D eigenvalue weighted by atomic mass is 10.1. The highest BCUT2D eigenvalue weighted by molar-refractivity contribution is 5.79. The Labute approximate surface area is 129 Å². The molecule has 0 heterocycles. The Morgan fingerprint density at radius 1 is 1.24 bits per heavy atom. The lowest BCUT2D eigenvalue weighted by molar-refractivity contribution is 0.409. The summed E-state index contributed by atoms with van der Waals surface area (Å²) in [5, 5.41) is 6.68. The van der Waals surface area contributed by atoms with Gasteiger partial charge in [-0.05, 0) is 37.3 Å². The van der Waals surface area contributed by atoms with Gasteiger partial charge in [-0.25, -0.2) is 0 Å². The Balaban J connectivity index is 2.43. The molecule has 118 valence electrons. The molecule has 4 heteroatoms. The number of aliphatic imine (C=N–C) groups is 1. The molecule has 1 aromatic carbocycles. The molecule has 0 radical (unpaired) electrons. The molecule has 0 saturated carbocycles. The van der Waals surface area contributed by atoms with E-state index < -0.39 is 0 Å². The van der Waals surface area contributed by atoms with Gasteiger partial charge in [0, 0.05) is 20.1 Å². The summed E-state index contributed by atoms with van der Waals surface area (Å²) < 4.78 is 5.40. The molecule has 0 aliphatic carbocycles. The molecule has 0 atom stereocenters. The Kier molecular flexibility index (Phi) is 7.65. The fourth-order valence-electron chi connectivity index (χ4n) is 2.12. The number of hydrogen-bond donors (Lipinski definition) is 2. The summed E-state index contributed by atoms with van der Waals surface area (Å²) in [6.07, 6.45) is 2.06. The first kappa shape index (κ1) is 17.3. The largest absolute Gasteiger partial charge is 0.496 e. The molecule has 2 N–H and O–H groups in total. The van der Waals surface area contributed by atoms with Crippen molar-refractivity contribution in [3.8, 4) is 5.75 Å². The smallest absolute Gasteiger partial charge is 0.190 e. The van der Waals surface area contributed by atoms with E-state index in [1.54, 1.807) is 14.2 Å². The predicted octanol–water partition coefficient (Wildman–Crippen LogP) is 2.76. The highest BCUT2D eigenvalue weighted by atomic mass is 16.5. The molecule has 21 heavy (non-hydrogen) atoms. The van der Waals surface area contributed by atoms with E-state index >= 15 is 0 Å². The number of nitrogens with zero attached hydrogens (tertiary/aromatic N) is 1. The van der Waals surface area contributed by atoms with Crippen molar-refractivity contribution in [2.75, 3.05) is 27.2 Å². The zero-order valence-electron chi connectivity index (χ0n) is 14.0. The van der Waals surface area contributed by atoms with Crippen molar-refractivity contribution in [2.45, 2.75) is 33.6 Å². The molecule has 1 aromatic rings. The van der Waals surface area contributed by atoms with Crippen LogP contribution in [0.15, 0.2) is 23.2 Å². The molecule has 0 fully saturated rings. The molecule has 0 aliphatic heterocycles. The van der Waals surface area contributed by atoms with Crippen LogP contribution in [0.4, 0.5) is 0 Å². The minimum atomic E-state index is 0.701. The van der Waals surface area contributed by atoms with Crippen LogP contribution in [-0.4, -0.2) is 33.2 Å². The quantitative estimate of drug-likeness (QED) is 0.600. The molecule has 0 aliphatic rings. The molecule has 0 amide bonds. The fraction of sp³-hybridized carbons (Fsp3) is 0.588. The molecule has 0 saturated heterocycles. The van der Waals surface area contributed by atoms with Crippen molar-refractivity contribution < 1.29 is 4.74 Å². The zero-order chi connectivity index (χ0) is 15.7. The third-order valence-electron chi connectivity index (χ3n) is 3.36. The van der Waals surface area contributed by atoms with Crippen molar-refractivity contribution in [1.82, 2.24) is 10.6 Å². The van der Waals surface area contributed by atoms with Crippen LogP contribution in [0.25, 0.3) is 0 Å². The number of rotatable bonds is 7. The highest BCUT2D eigenvalue weighted by Gasteiger charge is 2.04. The number of aryl methyl sites for hydroxylation is 1. The third-order valence-corrected chi connectivity index (χ3v) is 3.36. The van der Waals surface area contributed by atoms with Gasteiger partial charge in [-0.2, -0.15) is 0 Å². The minimum Gasteiger partial charge on any atom is -0.496 e. The van der Waals surface area contributed by atoms with Crippen molar-refractivity contribution in [2.24, 2.45) is 10.9 Å². The van der Waals surface area contributed by atoms with E-state index in [1.165, 1.54) is 11.1 Å². The van der Waals surface area contributed by atoms with Crippen LogP contribution in [0, 0.1) is 12.8 Å². The molecular weight excluding hydrogens is 262 g/mol. The van der Waals surface area contributed by atoms with Gasteiger partial charge in [0.25, 0.3) is 0 Å². The first-order valence-electron chi connectivity index (χ1n) is 7.64. The Bertz CT molecular complexity index is 455. The monoisotopic (exact) mass is 291 g/mol. The Morgan fingerprint density at radius 3 is 2.57 bits per heavy atom. The lowest BCUT2D eigenvalue weighted by Gasteiger charge is -2.14. The summed E-state index contributed by atoms with van der Waals surface area (Å²) >= 11 is 0. The van der Waals surface area contributed by atoms with Gasteiger partial charge in [0.1, 0.15) is 5.75 Å². The van der Waals surface area contributed by atoms with Crippen molar-refractivity contribution in [3.63, 3.8) is 0 Å². The number of benzene rings is 1. The standard InChI is InChI=1S/C17H29N3O/c1-13(2)8-10-19-17(18-4)20-11-9-15-12-14(3)6-7-16(15)21-5/h6-7,12-13H,8-11H2,1-5H3,(H2,18,19,20). The summed E-state index contributed by atoms with van der Waals surface area (Å²) in [5.74, 6) is 2.51. The average Bonchev–Trinajstić information content (AvgIpc) is 2.45. The summed E-state index contributed by atoms with van der Waals surface area (Å²) in [4.78, 5) is 4.24.